The van der Waals surface area contributed by atoms with Crippen molar-refractivity contribution in [1.82, 2.24) is 5.32 Å². The van der Waals surface area contributed by atoms with Gasteiger partial charge in [0.2, 0.25) is 0 Å². The minimum Gasteiger partial charge on any atom is -0.317 e. The molecule has 0 aliphatic carbocycles. The molecular weight excluding hydrogens is 305 g/mol. The molecule has 0 spiro atoms. The molecule has 2 rings (SSSR count). The van der Waals surface area contributed by atoms with Crippen molar-refractivity contribution in [2.75, 3.05) is 13.1 Å². The average Bonchev–Trinajstić information content (AvgIpc) is 2.23. The van der Waals surface area contributed by atoms with Crippen molar-refractivity contribution >= 4 is 34.4 Å². The number of halogens is 1. The Hall–Kier alpha value is 0.260. The van der Waals surface area contributed by atoms with E-state index in [-0.39, 0.29) is 0 Å². The van der Waals surface area contributed by atoms with Crippen molar-refractivity contribution in [3.63, 3.8) is 0 Å². The van der Waals surface area contributed by atoms with Gasteiger partial charge in [-0.05, 0) is 72.8 Å². The highest BCUT2D eigenvalue weighted by atomic mass is 127. The van der Waals surface area contributed by atoms with Gasteiger partial charge < -0.3 is 5.32 Å². The second-order valence-electron chi connectivity index (χ2n) is 3.52. The molecule has 1 heterocycles. The van der Waals surface area contributed by atoms with E-state index in [0.29, 0.717) is 0 Å². The van der Waals surface area contributed by atoms with Crippen molar-refractivity contribution in [3.8, 4) is 0 Å². The van der Waals surface area contributed by atoms with E-state index in [1.807, 2.05) is 11.8 Å². The number of thioether (sulfide) groups is 1. The third kappa shape index (κ3) is 3.14. The van der Waals surface area contributed by atoms with Gasteiger partial charge in [-0.1, -0.05) is 0 Å². The molecule has 0 aromatic heterocycles. The van der Waals surface area contributed by atoms with E-state index in [9.17, 15) is 0 Å². The highest BCUT2D eigenvalue weighted by Gasteiger charge is 2.13. The number of hydrogen-bond acceptors (Lipinski definition) is 2. The maximum absolute atomic E-state index is 3.40. The molecule has 0 unspecified atom stereocenters. The Labute approximate surface area is 103 Å². The Bertz CT molecular complexity index is 280. The Kier molecular flexibility index (Phi) is 4.13. The number of benzene rings is 1. The van der Waals surface area contributed by atoms with Gasteiger partial charge in [-0.15, -0.1) is 11.8 Å². The molecule has 1 aromatic carbocycles. The van der Waals surface area contributed by atoms with Crippen LogP contribution in [0, 0.1) is 3.57 Å². The van der Waals surface area contributed by atoms with Crippen LogP contribution in [-0.2, 0) is 0 Å². The van der Waals surface area contributed by atoms with Gasteiger partial charge in [-0.25, -0.2) is 0 Å². The van der Waals surface area contributed by atoms with Crippen molar-refractivity contribution in [2.24, 2.45) is 0 Å². The summed E-state index contributed by atoms with van der Waals surface area (Å²) >= 11 is 4.38. The largest absolute Gasteiger partial charge is 0.317 e. The van der Waals surface area contributed by atoms with Crippen LogP contribution in [0.4, 0.5) is 0 Å². The van der Waals surface area contributed by atoms with Gasteiger partial charge in [0.1, 0.15) is 0 Å². The van der Waals surface area contributed by atoms with Crippen LogP contribution in [-0.4, -0.2) is 18.3 Å². The molecule has 1 aromatic rings. The highest BCUT2D eigenvalue weighted by molar-refractivity contribution is 14.1. The van der Waals surface area contributed by atoms with E-state index >= 15 is 0 Å². The van der Waals surface area contributed by atoms with Crippen LogP contribution in [0.5, 0.6) is 0 Å². The lowest BCUT2D eigenvalue weighted by Crippen LogP contribution is -2.29. The Morgan fingerprint density at radius 1 is 1.14 bits per heavy atom. The van der Waals surface area contributed by atoms with Crippen LogP contribution in [0.1, 0.15) is 12.8 Å². The van der Waals surface area contributed by atoms with E-state index in [4.69, 9.17) is 0 Å². The fraction of sp³-hybridized carbons (Fsp3) is 0.455. The molecule has 76 valence electrons. The minimum atomic E-state index is 0.816. The van der Waals surface area contributed by atoms with Gasteiger partial charge in [-0.3, -0.25) is 0 Å². The first kappa shape index (κ1) is 10.8. The normalized spacial score (nSPS) is 18.4. The Morgan fingerprint density at radius 2 is 1.79 bits per heavy atom. The number of nitrogens with one attached hydrogen (secondary N) is 1. The third-order valence-electron chi connectivity index (χ3n) is 2.40. The van der Waals surface area contributed by atoms with E-state index in [2.05, 4.69) is 52.2 Å². The molecule has 1 aliphatic rings. The van der Waals surface area contributed by atoms with Crippen molar-refractivity contribution in [2.45, 2.75) is 23.0 Å². The molecule has 0 radical (unpaired) electrons. The molecular formula is C11H14INS. The van der Waals surface area contributed by atoms with Crippen molar-refractivity contribution in [3.05, 3.63) is 27.8 Å². The molecule has 0 amide bonds. The lowest BCUT2D eigenvalue weighted by Gasteiger charge is -2.21. The molecule has 14 heavy (non-hydrogen) atoms. The van der Waals surface area contributed by atoms with Crippen LogP contribution in [0.2, 0.25) is 0 Å². The summed E-state index contributed by atoms with van der Waals surface area (Å²) in [6, 6.07) is 8.83. The molecule has 0 saturated carbocycles. The van der Waals surface area contributed by atoms with E-state index in [1.54, 1.807) is 0 Å². The molecule has 3 heteroatoms. The lowest BCUT2D eigenvalue weighted by molar-refractivity contribution is 0.531. The topological polar surface area (TPSA) is 12.0 Å². The monoisotopic (exact) mass is 319 g/mol. The van der Waals surface area contributed by atoms with Gasteiger partial charge in [0, 0.05) is 13.7 Å². The van der Waals surface area contributed by atoms with Gasteiger partial charge in [0.25, 0.3) is 0 Å². The predicted octanol–water partition coefficient (Wildman–Crippen LogP) is 3.14. The smallest absolute Gasteiger partial charge is 0.0131 e. The summed E-state index contributed by atoms with van der Waals surface area (Å²) < 4.78 is 1.32. The summed E-state index contributed by atoms with van der Waals surface area (Å²) in [7, 11) is 0. The second kappa shape index (κ2) is 5.37. The van der Waals surface area contributed by atoms with Gasteiger partial charge >= 0.3 is 0 Å². The van der Waals surface area contributed by atoms with Gasteiger partial charge in [0.15, 0.2) is 0 Å². The molecule has 1 nitrogen and oxygen atoms in total. The molecule has 0 bridgehead atoms. The van der Waals surface area contributed by atoms with Crippen molar-refractivity contribution < 1.29 is 0 Å². The molecule has 1 N–H and O–H groups in total. The SMILES string of the molecule is Ic1ccc(SC2CCNCC2)cc1. The summed E-state index contributed by atoms with van der Waals surface area (Å²) in [5.41, 5.74) is 0. The first-order valence-electron chi connectivity index (χ1n) is 4.97. The summed E-state index contributed by atoms with van der Waals surface area (Å²) in [6.45, 7) is 2.37. The summed E-state index contributed by atoms with van der Waals surface area (Å²) in [5.74, 6) is 0. The van der Waals surface area contributed by atoms with E-state index < -0.39 is 0 Å². The zero-order valence-electron chi connectivity index (χ0n) is 8.00. The van der Waals surface area contributed by atoms with Crippen LogP contribution in [0.3, 0.4) is 0 Å². The summed E-state index contributed by atoms with van der Waals surface area (Å²) in [6.07, 6.45) is 2.60. The minimum absolute atomic E-state index is 0.816. The zero-order chi connectivity index (χ0) is 9.80. The second-order valence-corrected chi connectivity index (χ2v) is 6.14. The first-order chi connectivity index (χ1) is 6.84. The van der Waals surface area contributed by atoms with Gasteiger partial charge in [0.05, 0.1) is 0 Å². The summed E-state index contributed by atoms with van der Waals surface area (Å²) in [4.78, 5) is 1.41. The number of piperidine rings is 1. The summed E-state index contributed by atoms with van der Waals surface area (Å²) in [5, 5.41) is 4.21. The molecule has 1 saturated heterocycles. The highest BCUT2D eigenvalue weighted by Crippen LogP contribution is 2.28. The van der Waals surface area contributed by atoms with Crippen molar-refractivity contribution in [1.29, 1.82) is 0 Å². The fourth-order valence-electron chi connectivity index (χ4n) is 1.62. The Balaban J connectivity index is 1.92. The van der Waals surface area contributed by atoms with E-state index in [0.717, 1.165) is 5.25 Å². The van der Waals surface area contributed by atoms with Crippen LogP contribution in [0.15, 0.2) is 29.2 Å². The standard InChI is InChI=1S/C11H14INS/c12-9-1-3-10(4-2-9)14-11-5-7-13-8-6-11/h1-4,11,13H,5-8H2. The average molecular weight is 319 g/mol. The van der Waals surface area contributed by atoms with Crippen LogP contribution >= 0.6 is 34.4 Å². The van der Waals surface area contributed by atoms with Gasteiger partial charge in [-0.2, -0.15) is 0 Å². The van der Waals surface area contributed by atoms with Crippen LogP contribution < -0.4 is 5.32 Å². The lowest BCUT2D eigenvalue weighted by atomic mass is 10.2. The Morgan fingerprint density at radius 3 is 2.43 bits per heavy atom. The molecule has 0 atom stereocenters. The zero-order valence-corrected chi connectivity index (χ0v) is 11.0. The number of rotatable bonds is 2. The van der Waals surface area contributed by atoms with Crippen LogP contribution in [0.25, 0.3) is 0 Å². The van der Waals surface area contributed by atoms with E-state index in [1.165, 1.54) is 34.4 Å². The maximum Gasteiger partial charge on any atom is 0.0131 e. The molecule has 1 fully saturated rings. The predicted molar refractivity (Wildman–Crippen MR) is 70.9 cm³/mol. The fourth-order valence-corrected chi connectivity index (χ4v) is 3.13. The number of hydrogen-bond donors (Lipinski definition) is 1. The molecule has 1 aliphatic heterocycles. The third-order valence-corrected chi connectivity index (χ3v) is 4.47. The first-order valence-corrected chi connectivity index (χ1v) is 6.93. The maximum atomic E-state index is 3.40. The quantitative estimate of drug-likeness (QED) is 0.841.